The summed E-state index contributed by atoms with van der Waals surface area (Å²) in [6.45, 7) is 7.12. The number of piperidine rings is 1. The van der Waals surface area contributed by atoms with Crippen molar-refractivity contribution in [1.29, 1.82) is 0 Å². The summed E-state index contributed by atoms with van der Waals surface area (Å²) in [5.74, 6) is 2.72. The molecule has 1 amide bonds. The SMILES string of the molecule is C#CCNS(=O)(=O)c1ccc(C(=O)NC(C)CN2CCCC(C)C2)cc1. The van der Waals surface area contributed by atoms with Crippen molar-refractivity contribution in [2.45, 2.75) is 37.6 Å². The average Bonchev–Trinajstić information content (AvgIpc) is 2.60. The van der Waals surface area contributed by atoms with Gasteiger partial charge in [0.05, 0.1) is 11.4 Å². The average molecular weight is 378 g/mol. The number of nitrogens with one attached hydrogen (secondary N) is 2. The normalized spacial score (nSPS) is 19.5. The number of rotatable bonds is 7. The van der Waals surface area contributed by atoms with Crippen molar-refractivity contribution in [3.63, 3.8) is 0 Å². The van der Waals surface area contributed by atoms with Crippen LogP contribution in [0.2, 0.25) is 0 Å². The van der Waals surface area contributed by atoms with Crippen LogP contribution in [0.25, 0.3) is 0 Å². The van der Waals surface area contributed by atoms with Crippen LogP contribution in [0.15, 0.2) is 29.2 Å². The van der Waals surface area contributed by atoms with Crippen molar-refractivity contribution in [3.8, 4) is 12.3 Å². The van der Waals surface area contributed by atoms with E-state index in [1.54, 1.807) is 0 Å². The summed E-state index contributed by atoms with van der Waals surface area (Å²) in [5.41, 5.74) is 0.430. The fourth-order valence-electron chi connectivity index (χ4n) is 3.20. The van der Waals surface area contributed by atoms with Gasteiger partial charge in [-0.2, -0.15) is 4.72 Å². The van der Waals surface area contributed by atoms with E-state index in [9.17, 15) is 13.2 Å². The van der Waals surface area contributed by atoms with Crippen molar-refractivity contribution in [2.75, 3.05) is 26.2 Å². The van der Waals surface area contributed by atoms with Gasteiger partial charge in [-0.25, -0.2) is 8.42 Å². The van der Waals surface area contributed by atoms with Gasteiger partial charge in [-0.05, 0) is 56.5 Å². The molecule has 1 aromatic rings. The minimum Gasteiger partial charge on any atom is -0.348 e. The van der Waals surface area contributed by atoms with Crippen LogP contribution in [0.4, 0.5) is 0 Å². The van der Waals surface area contributed by atoms with Crippen molar-refractivity contribution in [3.05, 3.63) is 29.8 Å². The van der Waals surface area contributed by atoms with Gasteiger partial charge in [0.15, 0.2) is 0 Å². The lowest BCUT2D eigenvalue weighted by molar-refractivity contribution is 0.0920. The number of carbonyl (C=O) groups excluding carboxylic acids is 1. The highest BCUT2D eigenvalue weighted by atomic mass is 32.2. The summed E-state index contributed by atoms with van der Waals surface area (Å²) in [4.78, 5) is 14.8. The largest absolute Gasteiger partial charge is 0.348 e. The maximum Gasteiger partial charge on any atom is 0.251 e. The molecule has 6 nitrogen and oxygen atoms in total. The van der Waals surface area contributed by atoms with Crippen LogP contribution in [0.3, 0.4) is 0 Å². The molecule has 1 aliphatic heterocycles. The first-order valence-electron chi connectivity index (χ1n) is 8.88. The van der Waals surface area contributed by atoms with E-state index in [1.165, 1.54) is 37.1 Å². The van der Waals surface area contributed by atoms with E-state index in [2.05, 4.69) is 27.8 Å². The number of hydrogen-bond acceptors (Lipinski definition) is 4. The van der Waals surface area contributed by atoms with E-state index in [0.717, 1.165) is 19.6 Å². The molecule has 2 atom stereocenters. The molecule has 0 aromatic heterocycles. The number of terminal acetylenes is 1. The van der Waals surface area contributed by atoms with Gasteiger partial charge in [0.25, 0.3) is 5.91 Å². The smallest absolute Gasteiger partial charge is 0.251 e. The number of amides is 1. The third kappa shape index (κ3) is 5.84. The molecule has 7 heteroatoms. The molecule has 2 N–H and O–H groups in total. The molecule has 1 fully saturated rings. The molecule has 0 spiro atoms. The standard InChI is InChI=1S/C19H27N3O3S/c1-4-11-20-26(24,25)18-9-7-17(8-10-18)19(23)21-16(3)14-22-12-5-6-15(2)13-22/h1,7-10,15-16,20H,5-6,11-14H2,2-3H3,(H,21,23). The first kappa shape index (κ1) is 20.4. The lowest BCUT2D eigenvalue weighted by Gasteiger charge is -2.32. The van der Waals surface area contributed by atoms with Gasteiger partial charge in [-0.15, -0.1) is 6.42 Å². The molecule has 1 aromatic carbocycles. The first-order chi connectivity index (χ1) is 12.3. The molecule has 0 aliphatic carbocycles. The lowest BCUT2D eigenvalue weighted by atomic mass is 10.00. The first-order valence-corrected chi connectivity index (χ1v) is 10.4. The zero-order valence-electron chi connectivity index (χ0n) is 15.4. The third-order valence-electron chi connectivity index (χ3n) is 4.44. The number of benzene rings is 1. The summed E-state index contributed by atoms with van der Waals surface area (Å²) in [6.07, 6.45) is 7.53. The zero-order valence-corrected chi connectivity index (χ0v) is 16.2. The Morgan fingerprint density at radius 2 is 2.08 bits per heavy atom. The third-order valence-corrected chi connectivity index (χ3v) is 5.86. The highest BCUT2D eigenvalue weighted by Crippen LogP contribution is 2.15. The van der Waals surface area contributed by atoms with Crippen LogP contribution in [-0.2, 0) is 10.0 Å². The van der Waals surface area contributed by atoms with E-state index in [4.69, 9.17) is 6.42 Å². The molecule has 1 saturated heterocycles. The van der Waals surface area contributed by atoms with E-state index in [0.29, 0.717) is 11.5 Å². The molecule has 26 heavy (non-hydrogen) atoms. The van der Waals surface area contributed by atoms with Gasteiger partial charge in [0, 0.05) is 24.7 Å². The summed E-state index contributed by atoms with van der Waals surface area (Å²) in [7, 11) is -3.64. The Morgan fingerprint density at radius 3 is 2.69 bits per heavy atom. The van der Waals surface area contributed by atoms with E-state index in [1.807, 2.05) is 6.92 Å². The number of carbonyl (C=O) groups is 1. The summed E-state index contributed by atoms with van der Waals surface area (Å²) in [6, 6.07) is 5.86. The predicted molar refractivity (Wildman–Crippen MR) is 102 cm³/mol. The number of likely N-dealkylation sites (tertiary alicyclic amines) is 1. The molecular weight excluding hydrogens is 350 g/mol. The number of nitrogens with zero attached hydrogens (tertiary/aromatic N) is 1. The molecule has 2 unspecified atom stereocenters. The van der Waals surface area contributed by atoms with Crippen LogP contribution < -0.4 is 10.0 Å². The minimum atomic E-state index is -3.64. The summed E-state index contributed by atoms with van der Waals surface area (Å²) in [5, 5.41) is 2.98. The van der Waals surface area contributed by atoms with E-state index < -0.39 is 10.0 Å². The van der Waals surface area contributed by atoms with Crippen molar-refractivity contribution >= 4 is 15.9 Å². The van der Waals surface area contributed by atoms with Crippen LogP contribution in [-0.4, -0.2) is 51.4 Å². The van der Waals surface area contributed by atoms with Crippen molar-refractivity contribution in [1.82, 2.24) is 14.9 Å². The summed E-state index contributed by atoms with van der Waals surface area (Å²) < 4.78 is 26.3. The predicted octanol–water partition coefficient (Wildman–Crippen LogP) is 1.45. The van der Waals surface area contributed by atoms with E-state index >= 15 is 0 Å². The molecule has 0 saturated carbocycles. The Bertz CT molecular complexity index is 753. The van der Waals surface area contributed by atoms with Crippen LogP contribution >= 0.6 is 0 Å². The van der Waals surface area contributed by atoms with Gasteiger partial charge in [-0.3, -0.25) is 4.79 Å². The fraction of sp³-hybridized carbons (Fsp3) is 0.526. The molecule has 1 heterocycles. The molecule has 2 rings (SSSR count). The zero-order chi connectivity index (χ0) is 19.2. The second-order valence-electron chi connectivity index (χ2n) is 6.93. The molecule has 0 radical (unpaired) electrons. The monoisotopic (exact) mass is 377 g/mol. The fourth-order valence-corrected chi connectivity index (χ4v) is 4.13. The topological polar surface area (TPSA) is 78.5 Å². The van der Waals surface area contributed by atoms with Crippen molar-refractivity contribution < 1.29 is 13.2 Å². The Morgan fingerprint density at radius 1 is 1.38 bits per heavy atom. The van der Waals surface area contributed by atoms with Gasteiger partial charge >= 0.3 is 0 Å². The Hall–Kier alpha value is -1.88. The maximum absolute atomic E-state index is 12.4. The van der Waals surface area contributed by atoms with Gasteiger partial charge in [0.2, 0.25) is 10.0 Å². The highest BCUT2D eigenvalue weighted by Gasteiger charge is 2.19. The molecule has 0 bridgehead atoms. The maximum atomic E-state index is 12.4. The Balaban J connectivity index is 1.92. The Labute approximate surface area is 156 Å². The van der Waals surface area contributed by atoms with Gasteiger partial charge in [-0.1, -0.05) is 12.8 Å². The summed E-state index contributed by atoms with van der Waals surface area (Å²) >= 11 is 0. The number of hydrogen-bond donors (Lipinski definition) is 2. The van der Waals surface area contributed by atoms with Crippen LogP contribution in [0.1, 0.15) is 37.0 Å². The van der Waals surface area contributed by atoms with Crippen LogP contribution in [0, 0.1) is 18.3 Å². The highest BCUT2D eigenvalue weighted by molar-refractivity contribution is 7.89. The van der Waals surface area contributed by atoms with Crippen LogP contribution in [0.5, 0.6) is 0 Å². The Kier molecular flexibility index (Phi) is 7.21. The van der Waals surface area contributed by atoms with Gasteiger partial charge < -0.3 is 10.2 Å². The second kappa shape index (κ2) is 9.17. The quantitative estimate of drug-likeness (QED) is 0.705. The lowest BCUT2D eigenvalue weighted by Crippen LogP contribution is -2.45. The van der Waals surface area contributed by atoms with Gasteiger partial charge in [0.1, 0.15) is 0 Å². The second-order valence-corrected chi connectivity index (χ2v) is 8.70. The van der Waals surface area contributed by atoms with E-state index in [-0.39, 0.29) is 23.4 Å². The van der Waals surface area contributed by atoms with Crippen molar-refractivity contribution in [2.24, 2.45) is 5.92 Å². The molecule has 1 aliphatic rings. The number of sulfonamides is 1. The molecule has 142 valence electrons. The minimum absolute atomic E-state index is 0.0218. The molecular formula is C19H27N3O3S.